The first kappa shape index (κ1) is 12.2. The Balaban J connectivity index is 2.24. The van der Waals surface area contributed by atoms with Crippen molar-refractivity contribution >= 4 is 5.69 Å². The first-order valence-corrected chi connectivity index (χ1v) is 6.36. The topological polar surface area (TPSA) is 24.5 Å². The van der Waals surface area contributed by atoms with Crippen molar-refractivity contribution in [2.45, 2.75) is 19.8 Å². The van der Waals surface area contributed by atoms with Gasteiger partial charge in [0.05, 0.1) is 7.11 Å². The van der Waals surface area contributed by atoms with Crippen LogP contribution in [0.1, 0.15) is 25.3 Å². The first-order valence-electron chi connectivity index (χ1n) is 6.36. The van der Waals surface area contributed by atoms with Crippen molar-refractivity contribution in [3.8, 4) is 5.75 Å². The Kier molecular flexibility index (Phi) is 3.89. The lowest BCUT2D eigenvalue weighted by Gasteiger charge is -2.30. The number of hydrogen-bond acceptors (Lipinski definition) is 3. The third-order valence-electron chi connectivity index (χ3n) is 3.32. The van der Waals surface area contributed by atoms with Crippen LogP contribution < -0.4 is 15.0 Å². The van der Waals surface area contributed by atoms with E-state index in [-0.39, 0.29) is 0 Å². The van der Waals surface area contributed by atoms with Crippen LogP contribution in [0, 0.1) is 0 Å². The van der Waals surface area contributed by atoms with Crippen LogP contribution in [-0.4, -0.2) is 33.3 Å². The van der Waals surface area contributed by atoms with Crippen molar-refractivity contribution in [1.82, 2.24) is 5.32 Å². The molecule has 1 aromatic rings. The molecule has 0 amide bonds. The average molecular weight is 234 g/mol. The third-order valence-corrected chi connectivity index (χ3v) is 3.32. The molecule has 0 saturated carbocycles. The molecular formula is C14H22N2O. The van der Waals surface area contributed by atoms with Gasteiger partial charge >= 0.3 is 0 Å². The van der Waals surface area contributed by atoms with E-state index in [0.717, 1.165) is 31.9 Å². The fourth-order valence-electron chi connectivity index (χ4n) is 2.30. The predicted octanol–water partition coefficient (Wildman–Crippen LogP) is 2.23. The number of methoxy groups -OCH3 is 1. The molecule has 1 aromatic carbocycles. The number of piperazine rings is 1. The van der Waals surface area contributed by atoms with E-state index in [1.54, 1.807) is 7.11 Å². The van der Waals surface area contributed by atoms with Crippen molar-refractivity contribution in [3.05, 3.63) is 23.8 Å². The van der Waals surface area contributed by atoms with Crippen molar-refractivity contribution in [2.75, 3.05) is 38.2 Å². The summed E-state index contributed by atoms with van der Waals surface area (Å²) in [7, 11) is 1.75. The van der Waals surface area contributed by atoms with Crippen LogP contribution in [0.5, 0.6) is 5.75 Å². The SMILES string of the molecule is COc1cc(N2CCNCC2)ccc1C(C)C. The van der Waals surface area contributed by atoms with E-state index in [4.69, 9.17) is 4.74 Å². The van der Waals surface area contributed by atoms with Crippen LogP contribution in [0.4, 0.5) is 5.69 Å². The van der Waals surface area contributed by atoms with Gasteiger partial charge in [-0.15, -0.1) is 0 Å². The number of benzene rings is 1. The fourth-order valence-corrected chi connectivity index (χ4v) is 2.30. The second-order valence-electron chi connectivity index (χ2n) is 4.82. The van der Waals surface area contributed by atoms with Crippen LogP contribution >= 0.6 is 0 Å². The first-order chi connectivity index (χ1) is 8.22. The quantitative estimate of drug-likeness (QED) is 0.868. The Bertz CT molecular complexity index is 370. The third kappa shape index (κ3) is 2.72. The van der Waals surface area contributed by atoms with Gasteiger partial charge in [0.2, 0.25) is 0 Å². The summed E-state index contributed by atoms with van der Waals surface area (Å²) < 4.78 is 5.50. The van der Waals surface area contributed by atoms with E-state index in [1.807, 2.05) is 0 Å². The molecule has 2 rings (SSSR count). The minimum absolute atomic E-state index is 0.502. The van der Waals surface area contributed by atoms with Gasteiger partial charge in [-0.2, -0.15) is 0 Å². The van der Waals surface area contributed by atoms with Gasteiger partial charge in [-0.05, 0) is 17.5 Å². The summed E-state index contributed by atoms with van der Waals surface area (Å²) in [4.78, 5) is 2.41. The molecule has 0 radical (unpaired) electrons. The highest BCUT2D eigenvalue weighted by Crippen LogP contribution is 2.30. The van der Waals surface area contributed by atoms with Crippen LogP contribution in [0.3, 0.4) is 0 Å². The largest absolute Gasteiger partial charge is 0.496 e. The van der Waals surface area contributed by atoms with Crippen molar-refractivity contribution < 1.29 is 4.74 Å². The van der Waals surface area contributed by atoms with Gasteiger partial charge in [-0.25, -0.2) is 0 Å². The molecular weight excluding hydrogens is 212 g/mol. The highest BCUT2D eigenvalue weighted by atomic mass is 16.5. The highest BCUT2D eigenvalue weighted by Gasteiger charge is 2.13. The molecule has 1 aliphatic heterocycles. The molecule has 3 heteroatoms. The smallest absolute Gasteiger partial charge is 0.124 e. The summed E-state index contributed by atoms with van der Waals surface area (Å²) in [6, 6.07) is 6.57. The van der Waals surface area contributed by atoms with Crippen molar-refractivity contribution in [3.63, 3.8) is 0 Å². The van der Waals surface area contributed by atoms with Gasteiger partial charge in [0, 0.05) is 37.9 Å². The maximum absolute atomic E-state index is 5.50. The van der Waals surface area contributed by atoms with Crippen LogP contribution in [0.15, 0.2) is 18.2 Å². The number of anilines is 1. The normalized spacial score (nSPS) is 16.4. The maximum atomic E-state index is 5.50. The van der Waals surface area contributed by atoms with E-state index < -0.39 is 0 Å². The van der Waals surface area contributed by atoms with Crippen LogP contribution in [0.25, 0.3) is 0 Å². The summed E-state index contributed by atoms with van der Waals surface area (Å²) in [6.45, 7) is 8.67. The number of hydrogen-bond donors (Lipinski definition) is 1. The molecule has 0 aliphatic carbocycles. The van der Waals surface area contributed by atoms with E-state index in [0.29, 0.717) is 5.92 Å². The van der Waals surface area contributed by atoms with Gasteiger partial charge in [0.15, 0.2) is 0 Å². The lowest BCUT2D eigenvalue weighted by atomic mass is 10.0. The molecule has 3 nitrogen and oxygen atoms in total. The molecule has 0 atom stereocenters. The van der Waals surface area contributed by atoms with Gasteiger partial charge in [0.25, 0.3) is 0 Å². The zero-order valence-electron chi connectivity index (χ0n) is 11.0. The Morgan fingerprint density at radius 2 is 1.94 bits per heavy atom. The molecule has 1 aliphatic rings. The predicted molar refractivity (Wildman–Crippen MR) is 72.2 cm³/mol. The number of nitrogens with one attached hydrogen (secondary N) is 1. The molecule has 1 fully saturated rings. The minimum atomic E-state index is 0.502. The van der Waals surface area contributed by atoms with Gasteiger partial charge < -0.3 is 15.0 Å². The van der Waals surface area contributed by atoms with Crippen LogP contribution in [0.2, 0.25) is 0 Å². The minimum Gasteiger partial charge on any atom is -0.496 e. The van der Waals surface area contributed by atoms with Gasteiger partial charge in [-0.3, -0.25) is 0 Å². The van der Waals surface area contributed by atoms with E-state index >= 15 is 0 Å². The standard InChI is InChI=1S/C14H22N2O/c1-11(2)13-5-4-12(10-14(13)17-3)16-8-6-15-7-9-16/h4-5,10-11,15H,6-9H2,1-3H3. The van der Waals surface area contributed by atoms with Gasteiger partial charge in [-0.1, -0.05) is 19.9 Å². The molecule has 0 aromatic heterocycles. The monoisotopic (exact) mass is 234 g/mol. The molecule has 0 bridgehead atoms. The number of ether oxygens (including phenoxy) is 1. The number of rotatable bonds is 3. The molecule has 17 heavy (non-hydrogen) atoms. The van der Waals surface area contributed by atoms with Crippen LogP contribution in [-0.2, 0) is 0 Å². The average Bonchev–Trinajstić information content (AvgIpc) is 2.39. The molecule has 1 saturated heterocycles. The van der Waals surface area contributed by atoms with E-state index in [9.17, 15) is 0 Å². The molecule has 1 heterocycles. The lowest BCUT2D eigenvalue weighted by Crippen LogP contribution is -2.43. The summed E-state index contributed by atoms with van der Waals surface area (Å²) in [5.74, 6) is 1.51. The summed E-state index contributed by atoms with van der Waals surface area (Å²) in [5.41, 5.74) is 2.55. The van der Waals surface area contributed by atoms with E-state index in [2.05, 4.69) is 42.3 Å². The molecule has 0 spiro atoms. The molecule has 0 unspecified atom stereocenters. The summed E-state index contributed by atoms with van der Waals surface area (Å²) in [5, 5.41) is 3.37. The second kappa shape index (κ2) is 5.41. The zero-order chi connectivity index (χ0) is 12.3. The molecule has 1 N–H and O–H groups in total. The maximum Gasteiger partial charge on any atom is 0.124 e. The Morgan fingerprint density at radius 1 is 1.24 bits per heavy atom. The summed E-state index contributed by atoms with van der Waals surface area (Å²) >= 11 is 0. The highest BCUT2D eigenvalue weighted by molar-refractivity contribution is 5.54. The summed E-state index contributed by atoms with van der Waals surface area (Å²) in [6.07, 6.45) is 0. The van der Waals surface area contributed by atoms with Crippen molar-refractivity contribution in [2.24, 2.45) is 0 Å². The van der Waals surface area contributed by atoms with E-state index in [1.165, 1.54) is 11.3 Å². The Labute approximate surface area is 104 Å². The van der Waals surface area contributed by atoms with Crippen molar-refractivity contribution in [1.29, 1.82) is 0 Å². The fraction of sp³-hybridized carbons (Fsp3) is 0.571. The zero-order valence-corrected chi connectivity index (χ0v) is 11.0. The number of nitrogens with zero attached hydrogens (tertiary/aromatic N) is 1. The Hall–Kier alpha value is -1.22. The lowest BCUT2D eigenvalue weighted by molar-refractivity contribution is 0.407. The second-order valence-corrected chi connectivity index (χ2v) is 4.82. The Morgan fingerprint density at radius 3 is 2.53 bits per heavy atom. The molecule has 94 valence electrons. The van der Waals surface area contributed by atoms with Gasteiger partial charge in [0.1, 0.15) is 5.75 Å².